The van der Waals surface area contributed by atoms with Gasteiger partial charge >= 0.3 is 0 Å². The van der Waals surface area contributed by atoms with E-state index in [0.717, 1.165) is 19.5 Å². The van der Waals surface area contributed by atoms with E-state index in [2.05, 4.69) is 9.79 Å². The minimum absolute atomic E-state index is 0.0485. The quantitative estimate of drug-likeness (QED) is 0.469. The number of sulfonamides is 1. The molecule has 1 heterocycles. The number of likely N-dealkylation sites (N-methyl/N-ethyl adjacent to an activating group) is 1. The van der Waals surface area contributed by atoms with Crippen LogP contribution in [0.1, 0.15) is 6.42 Å². The van der Waals surface area contributed by atoms with Crippen LogP contribution in [-0.2, 0) is 10.0 Å². The fraction of sp³-hybridized carbons (Fsp3) is 0.217. The molecule has 1 atom stereocenters. The summed E-state index contributed by atoms with van der Waals surface area (Å²) in [5.41, 5.74) is 1.21. The van der Waals surface area contributed by atoms with Gasteiger partial charge in [0.2, 0.25) is 0 Å². The van der Waals surface area contributed by atoms with E-state index in [9.17, 15) is 8.42 Å². The summed E-state index contributed by atoms with van der Waals surface area (Å²) in [6.07, 6.45) is 0.964. The van der Waals surface area contributed by atoms with E-state index in [0.29, 0.717) is 26.9 Å². The van der Waals surface area contributed by atoms with Crippen LogP contribution >= 0.6 is 23.2 Å². The lowest BCUT2D eigenvalue weighted by Gasteiger charge is -2.17. The van der Waals surface area contributed by atoms with Crippen molar-refractivity contribution in [2.75, 3.05) is 20.1 Å². The van der Waals surface area contributed by atoms with E-state index >= 15 is 0 Å². The number of hydrogen-bond donors (Lipinski definition) is 1. The molecular formula is C23H22Cl2N2O4S. The van der Waals surface area contributed by atoms with E-state index in [1.807, 2.05) is 7.05 Å². The Labute approximate surface area is 197 Å². The van der Waals surface area contributed by atoms with E-state index in [4.69, 9.17) is 32.8 Å². The largest absolute Gasteiger partial charge is 0.487 e. The predicted octanol–water partition coefficient (Wildman–Crippen LogP) is 5.02. The summed E-state index contributed by atoms with van der Waals surface area (Å²) in [5.74, 6) is 0.797. The SMILES string of the molecule is CN1CC[C@@H](Oc2cc(-c3c(Cl)cccc3ONS(=O)(=O)c3ccccc3)ccc2Cl)C1. The maximum atomic E-state index is 12.5. The molecule has 0 bridgehead atoms. The molecule has 0 aliphatic carbocycles. The highest BCUT2D eigenvalue weighted by atomic mass is 35.5. The van der Waals surface area contributed by atoms with Crippen molar-refractivity contribution in [2.45, 2.75) is 17.4 Å². The second-order valence-electron chi connectivity index (χ2n) is 7.55. The number of ether oxygens (including phenoxy) is 1. The summed E-state index contributed by atoms with van der Waals surface area (Å²) >= 11 is 12.8. The van der Waals surface area contributed by atoms with Crippen molar-refractivity contribution in [3.05, 3.63) is 76.8 Å². The van der Waals surface area contributed by atoms with Crippen LogP contribution in [-0.4, -0.2) is 39.6 Å². The van der Waals surface area contributed by atoms with Gasteiger partial charge in [0.05, 0.1) is 14.9 Å². The molecule has 1 aliphatic heterocycles. The molecule has 3 aromatic carbocycles. The molecule has 4 rings (SSSR count). The van der Waals surface area contributed by atoms with Crippen LogP contribution in [0, 0.1) is 0 Å². The first-order valence-corrected chi connectivity index (χ1v) is 12.2. The molecular weight excluding hydrogens is 471 g/mol. The number of likely N-dealkylation sites (tertiary alicyclic amines) is 1. The molecule has 3 aromatic rings. The van der Waals surface area contributed by atoms with Crippen LogP contribution in [0.4, 0.5) is 0 Å². The van der Waals surface area contributed by atoms with Gasteiger partial charge in [-0.3, -0.25) is 0 Å². The molecule has 1 aliphatic rings. The van der Waals surface area contributed by atoms with Crippen molar-refractivity contribution in [1.29, 1.82) is 0 Å². The van der Waals surface area contributed by atoms with E-state index in [1.54, 1.807) is 54.6 Å². The zero-order valence-electron chi connectivity index (χ0n) is 17.3. The molecule has 1 saturated heterocycles. The molecule has 0 amide bonds. The van der Waals surface area contributed by atoms with Crippen molar-refractivity contribution in [3.8, 4) is 22.6 Å². The summed E-state index contributed by atoms with van der Waals surface area (Å²) in [6.45, 7) is 1.79. The van der Waals surface area contributed by atoms with Gasteiger partial charge in [0.1, 0.15) is 11.9 Å². The number of hydrogen-bond acceptors (Lipinski definition) is 5. The summed E-state index contributed by atoms with van der Waals surface area (Å²) in [7, 11) is -1.83. The monoisotopic (exact) mass is 492 g/mol. The van der Waals surface area contributed by atoms with Crippen LogP contribution < -0.4 is 14.5 Å². The second kappa shape index (κ2) is 9.68. The zero-order chi connectivity index (χ0) is 22.7. The molecule has 32 heavy (non-hydrogen) atoms. The highest BCUT2D eigenvalue weighted by Gasteiger charge is 2.23. The molecule has 168 valence electrons. The molecule has 0 aromatic heterocycles. The average Bonchev–Trinajstić information content (AvgIpc) is 3.19. The molecule has 9 heteroatoms. The minimum Gasteiger partial charge on any atom is -0.487 e. The fourth-order valence-corrected chi connectivity index (χ4v) is 4.78. The topological polar surface area (TPSA) is 67.9 Å². The van der Waals surface area contributed by atoms with Crippen LogP contribution in [0.15, 0.2) is 71.6 Å². The van der Waals surface area contributed by atoms with Crippen molar-refractivity contribution < 1.29 is 18.0 Å². The maximum Gasteiger partial charge on any atom is 0.271 e. The average molecular weight is 493 g/mol. The Kier molecular flexibility index (Phi) is 6.93. The van der Waals surface area contributed by atoms with Crippen molar-refractivity contribution in [1.82, 2.24) is 9.79 Å². The highest BCUT2D eigenvalue weighted by Crippen LogP contribution is 2.40. The van der Waals surface area contributed by atoms with Crippen LogP contribution in [0.2, 0.25) is 10.0 Å². The van der Waals surface area contributed by atoms with Crippen molar-refractivity contribution in [2.24, 2.45) is 0 Å². The van der Waals surface area contributed by atoms with Gasteiger partial charge in [0.15, 0.2) is 5.75 Å². The number of nitrogens with zero attached hydrogens (tertiary/aromatic N) is 1. The Balaban J connectivity index is 1.61. The van der Waals surface area contributed by atoms with E-state index < -0.39 is 10.0 Å². The fourth-order valence-electron chi connectivity index (χ4n) is 3.54. The molecule has 0 radical (unpaired) electrons. The smallest absolute Gasteiger partial charge is 0.271 e. The predicted molar refractivity (Wildman–Crippen MR) is 126 cm³/mol. The molecule has 0 unspecified atom stereocenters. The van der Waals surface area contributed by atoms with Gasteiger partial charge in [-0.1, -0.05) is 53.5 Å². The van der Waals surface area contributed by atoms with Gasteiger partial charge in [-0.05, 0) is 60.3 Å². The van der Waals surface area contributed by atoms with Crippen molar-refractivity contribution >= 4 is 33.2 Å². The Morgan fingerprint density at radius 1 is 0.969 bits per heavy atom. The lowest BCUT2D eigenvalue weighted by molar-refractivity contribution is 0.208. The normalized spacial score (nSPS) is 16.8. The third kappa shape index (κ3) is 5.19. The molecule has 1 fully saturated rings. The zero-order valence-corrected chi connectivity index (χ0v) is 19.6. The molecule has 0 saturated carbocycles. The number of nitrogens with one attached hydrogen (secondary N) is 1. The minimum atomic E-state index is -3.87. The molecule has 6 nitrogen and oxygen atoms in total. The Morgan fingerprint density at radius 3 is 2.47 bits per heavy atom. The third-order valence-electron chi connectivity index (χ3n) is 5.15. The lowest BCUT2D eigenvalue weighted by Crippen LogP contribution is -2.27. The second-order valence-corrected chi connectivity index (χ2v) is 10.0. The standard InChI is InChI=1S/C23H22Cl2N2O4S/c1-27-13-12-17(15-27)30-22-14-16(10-11-19(22)24)23-20(25)8-5-9-21(23)31-26-32(28,29)18-6-3-2-4-7-18/h2-11,14,17,26H,12-13,15H2,1H3/t17-/m1/s1. The highest BCUT2D eigenvalue weighted by molar-refractivity contribution is 7.89. The first-order valence-electron chi connectivity index (χ1n) is 10.0. The summed E-state index contributed by atoms with van der Waals surface area (Å²) < 4.78 is 31.2. The number of rotatable bonds is 7. The van der Waals surface area contributed by atoms with Gasteiger partial charge in [0.25, 0.3) is 10.0 Å². The van der Waals surface area contributed by atoms with Gasteiger partial charge < -0.3 is 14.5 Å². The molecule has 0 spiro atoms. The van der Waals surface area contributed by atoms with Gasteiger partial charge in [0, 0.05) is 18.7 Å². The molecule has 1 N–H and O–H groups in total. The summed E-state index contributed by atoms with van der Waals surface area (Å²) in [5, 5.41) is 0.887. The van der Waals surface area contributed by atoms with Gasteiger partial charge in [-0.15, -0.1) is 0 Å². The van der Waals surface area contributed by atoms with Crippen LogP contribution in [0.3, 0.4) is 0 Å². The van der Waals surface area contributed by atoms with Crippen LogP contribution in [0.25, 0.3) is 11.1 Å². The van der Waals surface area contributed by atoms with Gasteiger partial charge in [-0.2, -0.15) is 0 Å². The Bertz CT molecular complexity index is 1210. The number of halogens is 2. The van der Waals surface area contributed by atoms with Gasteiger partial charge in [-0.25, -0.2) is 8.42 Å². The Morgan fingerprint density at radius 2 is 1.75 bits per heavy atom. The first kappa shape index (κ1) is 22.9. The first-order chi connectivity index (χ1) is 15.3. The Hall–Kier alpha value is -2.29. The summed E-state index contributed by atoms with van der Waals surface area (Å²) in [4.78, 5) is 9.96. The lowest BCUT2D eigenvalue weighted by atomic mass is 10.0. The summed E-state index contributed by atoms with van der Waals surface area (Å²) in [6, 6.07) is 18.3. The third-order valence-corrected chi connectivity index (χ3v) is 6.97. The maximum absolute atomic E-state index is 12.5. The number of benzene rings is 3. The van der Waals surface area contributed by atoms with E-state index in [1.165, 1.54) is 12.1 Å². The van der Waals surface area contributed by atoms with Crippen molar-refractivity contribution in [3.63, 3.8) is 0 Å². The van der Waals surface area contributed by atoms with E-state index in [-0.39, 0.29) is 16.7 Å². The van der Waals surface area contributed by atoms with Crippen LogP contribution in [0.5, 0.6) is 11.5 Å².